The molecular weight excluding hydrogens is 332 g/mol. The number of imidazole rings is 1. The number of carbonyl (C=O) groups is 1. The molecule has 128 valence electrons. The van der Waals surface area contributed by atoms with Gasteiger partial charge in [-0.25, -0.2) is 18.0 Å². The minimum Gasteiger partial charge on any atom is -0.336 e. The van der Waals surface area contributed by atoms with Crippen molar-refractivity contribution in [3.63, 3.8) is 0 Å². The second-order valence-electron chi connectivity index (χ2n) is 5.86. The van der Waals surface area contributed by atoms with Crippen molar-refractivity contribution in [3.05, 3.63) is 46.6 Å². The Bertz CT molecular complexity index is 942. The Kier molecular flexibility index (Phi) is 3.96. The molecule has 1 aliphatic heterocycles. The van der Waals surface area contributed by atoms with Gasteiger partial charge in [0.1, 0.15) is 0 Å². The van der Waals surface area contributed by atoms with Crippen LogP contribution in [0.5, 0.6) is 0 Å². The van der Waals surface area contributed by atoms with Crippen molar-refractivity contribution in [1.82, 2.24) is 14.3 Å². The third kappa shape index (κ3) is 2.71. The van der Waals surface area contributed by atoms with E-state index in [0.29, 0.717) is 22.6 Å². The molecule has 2 aromatic rings. The summed E-state index contributed by atoms with van der Waals surface area (Å²) in [6.45, 7) is 4.24. The molecule has 8 nitrogen and oxygen atoms in total. The van der Waals surface area contributed by atoms with E-state index in [9.17, 15) is 18.0 Å². The largest absolute Gasteiger partial charge is 0.339 e. The minimum atomic E-state index is -3.95. The quantitative estimate of drug-likeness (QED) is 0.858. The summed E-state index contributed by atoms with van der Waals surface area (Å²) in [4.78, 5) is 27.7. The smallest absolute Gasteiger partial charge is 0.336 e. The van der Waals surface area contributed by atoms with Crippen LogP contribution in [0.4, 0.5) is 10.5 Å². The zero-order valence-corrected chi connectivity index (χ0v) is 14.1. The summed E-state index contributed by atoms with van der Waals surface area (Å²) in [6, 6.07) is 4.34. The number of aromatic nitrogens is 2. The molecule has 2 N–H and O–H groups in total. The highest BCUT2D eigenvalue weighted by Gasteiger charge is 2.27. The van der Waals surface area contributed by atoms with Gasteiger partial charge in [-0.3, -0.25) is 4.90 Å². The van der Waals surface area contributed by atoms with Crippen LogP contribution in [0.1, 0.15) is 19.4 Å². The Balaban J connectivity index is 1.96. The summed E-state index contributed by atoms with van der Waals surface area (Å²) in [5.74, 6) is 0. The lowest BCUT2D eigenvalue weighted by molar-refractivity contribution is 0.244. The molecule has 0 spiro atoms. The summed E-state index contributed by atoms with van der Waals surface area (Å²) in [5, 5.41) is 2.82. The van der Waals surface area contributed by atoms with E-state index in [-0.39, 0.29) is 17.0 Å². The van der Waals surface area contributed by atoms with Gasteiger partial charge in [-0.1, -0.05) is 0 Å². The summed E-state index contributed by atoms with van der Waals surface area (Å²) < 4.78 is 25.7. The molecule has 0 radical (unpaired) electrons. The fourth-order valence-corrected chi connectivity index (χ4v) is 3.94. The summed E-state index contributed by atoms with van der Waals surface area (Å²) in [5.41, 5.74) is 0.737. The Labute approximate surface area is 139 Å². The van der Waals surface area contributed by atoms with Crippen LogP contribution in [0.2, 0.25) is 0 Å². The molecule has 1 aromatic heterocycles. The molecular formula is C15H18N4O4S. The van der Waals surface area contributed by atoms with Crippen molar-refractivity contribution in [2.75, 3.05) is 11.4 Å². The van der Waals surface area contributed by atoms with E-state index >= 15 is 0 Å². The Morgan fingerprint density at radius 3 is 2.71 bits per heavy atom. The maximum Gasteiger partial charge on any atom is 0.339 e. The number of rotatable bonds is 3. The fraction of sp³-hybridized carbons (Fsp3) is 0.333. The number of carbonyl (C=O) groups excluding carboxylic acids is 1. The van der Waals surface area contributed by atoms with Crippen LogP contribution in [0.15, 0.2) is 40.3 Å². The van der Waals surface area contributed by atoms with E-state index in [1.165, 1.54) is 24.5 Å². The van der Waals surface area contributed by atoms with Crippen LogP contribution in [-0.4, -0.2) is 36.0 Å². The third-order valence-electron chi connectivity index (χ3n) is 3.78. The first kappa shape index (κ1) is 16.3. The van der Waals surface area contributed by atoms with Crippen LogP contribution in [0.3, 0.4) is 0 Å². The minimum absolute atomic E-state index is 0.0154. The second-order valence-corrected chi connectivity index (χ2v) is 7.68. The lowest BCUT2D eigenvalue weighted by Gasteiger charge is -2.20. The lowest BCUT2D eigenvalue weighted by atomic mass is 10.2. The zero-order valence-electron chi connectivity index (χ0n) is 13.3. The van der Waals surface area contributed by atoms with E-state index in [0.717, 1.165) is 5.56 Å². The van der Waals surface area contributed by atoms with Gasteiger partial charge < -0.3 is 10.3 Å². The summed E-state index contributed by atoms with van der Waals surface area (Å²) in [7, 11) is -3.95. The van der Waals surface area contributed by atoms with Gasteiger partial charge in [0.2, 0.25) is 0 Å². The standard InChI is InChI=1S/C15H18N4O4S/c1-10(2)17-15(21)18-7-5-11-9-12(3-4-13(11)18)24(22,23)19-8-6-16-14(19)20/h3-4,6,8-10H,5,7H2,1-2H3,(H,16,20)(H,17,21). The van der Waals surface area contributed by atoms with Crippen LogP contribution in [-0.2, 0) is 16.4 Å². The molecule has 0 atom stereocenters. The molecule has 3 rings (SSSR count). The first-order valence-electron chi connectivity index (χ1n) is 7.53. The van der Waals surface area contributed by atoms with E-state index < -0.39 is 15.7 Å². The number of anilines is 1. The molecule has 2 amide bonds. The normalized spacial score (nSPS) is 14.0. The number of aromatic amines is 1. The zero-order chi connectivity index (χ0) is 17.5. The van der Waals surface area contributed by atoms with E-state index in [4.69, 9.17) is 0 Å². The SMILES string of the molecule is CC(C)NC(=O)N1CCc2cc(S(=O)(=O)n3cc[nH]c3=O)ccc21. The Morgan fingerprint density at radius 1 is 1.33 bits per heavy atom. The van der Waals surface area contributed by atoms with Crippen molar-refractivity contribution in [3.8, 4) is 0 Å². The Morgan fingerprint density at radius 2 is 2.08 bits per heavy atom. The topological polar surface area (TPSA) is 104 Å². The number of hydrogen-bond acceptors (Lipinski definition) is 4. The summed E-state index contributed by atoms with van der Waals surface area (Å²) in [6.07, 6.45) is 3.00. The highest BCUT2D eigenvalue weighted by atomic mass is 32.2. The van der Waals surface area contributed by atoms with Gasteiger partial charge in [0.25, 0.3) is 10.0 Å². The van der Waals surface area contributed by atoms with Crippen molar-refractivity contribution in [2.45, 2.75) is 31.2 Å². The van der Waals surface area contributed by atoms with E-state index in [1.807, 2.05) is 13.8 Å². The van der Waals surface area contributed by atoms with Gasteiger partial charge >= 0.3 is 11.7 Å². The van der Waals surface area contributed by atoms with Crippen molar-refractivity contribution < 1.29 is 13.2 Å². The van der Waals surface area contributed by atoms with Crippen molar-refractivity contribution in [2.24, 2.45) is 0 Å². The molecule has 0 aliphatic carbocycles. The number of nitrogens with one attached hydrogen (secondary N) is 2. The average molecular weight is 350 g/mol. The van der Waals surface area contributed by atoms with E-state index in [2.05, 4.69) is 10.3 Å². The van der Waals surface area contributed by atoms with E-state index in [1.54, 1.807) is 11.0 Å². The van der Waals surface area contributed by atoms with Crippen LogP contribution in [0, 0.1) is 0 Å². The van der Waals surface area contributed by atoms with Crippen molar-refractivity contribution in [1.29, 1.82) is 0 Å². The lowest BCUT2D eigenvalue weighted by Crippen LogP contribution is -2.42. The number of benzene rings is 1. The molecule has 1 aromatic carbocycles. The van der Waals surface area contributed by atoms with Crippen molar-refractivity contribution >= 4 is 21.7 Å². The molecule has 0 saturated heterocycles. The van der Waals surface area contributed by atoms with Crippen LogP contribution < -0.4 is 15.9 Å². The molecule has 1 aliphatic rings. The maximum absolute atomic E-state index is 12.5. The van der Waals surface area contributed by atoms with Crippen LogP contribution >= 0.6 is 0 Å². The number of amides is 2. The molecule has 24 heavy (non-hydrogen) atoms. The number of urea groups is 1. The van der Waals surface area contributed by atoms with Crippen LogP contribution in [0.25, 0.3) is 0 Å². The van der Waals surface area contributed by atoms with Gasteiger partial charge in [-0.15, -0.1) is 0 Å². The molecule has 9 heteroatoms. The van der Waals surface area contributed by atoms with Gasteiger partial charge in [-0.2, -0.15) is 3.97 Å². The number of fused-ring (bicyclic) bond motifs is 1. The highest BCUT2D eigenvalue weighted by Crippen LogP contribution is 2.30. The van der Waals surface area contributed by atoms with Gasteiger partial charge in [0.15, 0.2) is 0 Å². The molecule has 0 bridgehead atoms. The third-order valence-corrected chi connectivity index (χ3v) is 5.43. The molecule has 2 heterocycles. The predicted molar refractivity (Wildman–Crippen MR) is 88.8 cm³/mol. The number of H-pyrrole nitrogens is 1. The molecule has 0 saturated carbocycles. The molecule has 0 unspecified atom stereocenters. The van der Waals surface area contributed by atoms with Gasteiger partial charge in [-0.05, 0) is 44.0 Å². The Hall–Kier alpha value is -2.55. The average Bonchev–Trinajstić information content (AvgIpc) is 3.11. The summed E-state index contributed by atoms with van der Waals surface area (Å²) >= 11 is 0. The number of hydrogen-bond donors (Lipinski definition) is 2. The fourth-order valence-electron chi connectivity index (χ4n) is 2.68. The first-order valence-corrected chi connectivity index (χ1v) is 8.97. The predicted octanol–water partition coefficient (Wildman–Crippen LogP) is 0.894. The molecule has 0 fully saturated rings. The first-order chi connectivity index (χ1) is 11.3. The van der Waals surface area contributed by atoms with Gasteiger partial charge in [0, 0.05) is 30.7 Å². The number of nitrogens with zero attached hydrogens (tertiary/aromatic N) is 2. The second kappa shape index (κ2) is 5.82. The maximum atomic E-state index is 12.5. The van der Waals surface area contributed by atoms with Gasteiger partial charge in [0.05, 0.1) is 4.90 Å². The monoisotopic (exact) mass is 350 g/mol. The highest BCUT2D eigenvalue weighted by molar-refractivity contribution is 7.90.